The van der Waals surface area contributed by atoms with Crippen molar-refractivity contribution in [1.29, 1.82) is 0 Å². The average Bonchev–Trinajstić information content (AvgIpc) is 2.84. The molecular formula is C25H27IN6O3. The summed E-state index contributed by atoms with van der Waals surface area (Å²) in [5, 5.41) is 45.8. The highest BCUT2D eigenvalue weighted by Crippen LogP contribution is 2.12. The van der Waals surface area contributed by atoms with Crippen molar-refractivity contribution in [3.63, 3.8) is 0 Å². The summed E-state index contributed by atoms with van der Waals surface area (Å²) >= 11 is 0. The summed E-state index contributed by atoms with van der Waals surface area (Å²) in [7, 11) is 0. The molecule has 0 saturated heterocycles. The number of guanidine groups is 1. The summed E-state index contributed by atoms with van der Waals surface area (Å²) in [6, 6.07) is 20.1. The second kappa shape index (κ2) is 13.2. The molecule has 6 N–H and O–H groups in total. The fourth-order valence-corrected chi connectivity index (χ4v) is 2.81. The van der Waals surface area contributed by atoms with Gasteiger partial charge in [0, 0.05) is 5.56 Å². The minimum Gasteiger partial charge on any atom is -1.00 e. The smallest absolute Gasteiger partial charge is 0.365 e. The van der Waals surface area contributed by atoms with Gasteiger partial charge in [-0.2, -0.15) is 10.5 Å². The maximum Gasteiger partial charge on any atom is 0.365 e. The van der Waals surface area contributed by atoms with E-state index in [1.54, 1.807) is 72.8 Å². The number of quaternary nitrogens is 1. The van der Waals surface area contributed by atoms with Gasteiger partial charge >= 0.3 is 5.96 Å². The number of phenols is 3. The van der Waals surface area contributed by atoms with Crippen molar-refractivity contribution < 1.29 is 44.7 Å². The second-order valence-electron chi connectivity index (χ2n) is 7.46. The van der Waals surface area contributed by atoms with Crippen LogP contribution in [0.1, 0.15) is 37.5 Å². The number of benzene rings is 3. The third-order valence-corrected chi connectivity index (χ3v) is 4.88. The van der Waals surface area contributed by atoms with E-state index in [0.29, 0.717) is 23.1 Å². The predicted octanol–water partition coefficient (Wildman–Crippen LogP) is -0.111. The van der Waals surface area contributed by atoms with Gasteiger partial charge in [0.15, 0.2) is 0 Å². The first-order valence-corrected chi connectivity index (χ1v) is 10.5. The molecule has 0 saturated carbocycles. The van der Waals surface area contributed by atoms with Crippen molar-refractivity contribution in [2.75, 3.05) is 0 Å². The Labute approximate surface area is 220 Å². The first-order valence-electron chi connectivity index (χ1n) is 10.5. The molecule has 3 aromatic rings. The minimum absolute atomic E-state index is 0. The number of halogens is 1. The molecule has 0 aliphatic carbocycles. The molecule has 35 heavy (non-hydrogen) atoms. The van der Waals surface area contributed by atoms with Crippen LogP contribution in [0.5, 0.6) is 17.2 Å². The third kappa shape index (κ3) is 8.50. The topological polar surface area (TPSA) is 139 Å². The zero-order chi connectivity index (χ0) is 24.5. The molecule has 0 aromatic heterocycles. The zero-order valence-corrected chi connectivity index (χ0v) is 21.7. The van der Waals surface area contributed by atoms with Gasteiger partial charge in [-0.05, 0) is 105 Å². The minimum atomic E-state index is 0. The summed E-state index contributed by atoms with van der Waals surface area (Å²) in [5.41, 5.74) is 8.94. The molecule has 0 aliphatic heterocycles. The second-order valence-corrected chi connectivity index (χ2v) is 7.46. The molecule has 0 aliphatic rings. The van der Waals surface area contributed by atoms with E-state index in [9.17, 15) is 15.3 Å². The number of nitrogens with one attached hydrogen (secondary N) is 1. The summed E-state index contributed by atoms with van der Waals surface area (Å²) in [6.45, 7) is 5.48. The number of hydrogen-bond acceptors (Lipinski definition) is 7. The predicted molar refractivity (Wildman–Crippen MR) is 133 cm³/mol. The fourth-order valence-electron chi connectivity index (χ4n) is 2.81. The third-order valence-electron chi connectivity index (χ3n) is 4.88. The summed E-state index contributed by atoms with van der Waals surface area (Å²) in [4.78, 5) is 0. The Morgan fingerprint density at radius 3 is 1.46 bits per heavy atom. The molecule has 0 atom stereocenters. The Balaban J connectivity index is 0.00000432. The number of nitrogens with two attached hydrogens (primary N) is 1. The van der Waals surface area contributed by atoms with Gasteiger partial charge in [0.2, 0.25) is 0 Å². The number of rotatable bonds is 6. The molecule has 0 unspecified atom stereocenters. The highest BCUT2D eigenvalue weighted by molar-refractivity contribution is 6.00. The number of hydrogen-bond donors (Lipinski definition) is 5. The van der Waals surface area contributed by atoms with E-state index in [0.717, 1.165) is 16.7 Å². The quantitative estimate of drug-likeness (QED) is 0.0905. The van der Waals surface area contributed by atoms with E-state index >= 15 is 0 Å². The van der Waals surface area contributed by atoms with Crippen LogP contribution in [0.3, 0.4) is 0 Å². The highest BCUT2D eigenvalue weighted by Gasteiger charge is 2.07. The van der Waals surface area contributed by atoms with Crippen LogP contribution in [0.25, 0.3) is 0 Å². The van der Waals surface area contributed by atoms with Crippen LogP contribution >= 0.6 is 0 Å². The van der Waals surface area contributed by atoms with Crippen LogP contribution in [0.4, 0.5) is 0 Å². The van der Waals surface area contributed by atoms with Gasteiger partial charge in [-0.25, -0.2) is 5.43 Å². The van der Waals surface area contributed by atoms with E-state index in [1.165, 1.54) is 5.43 Å². The molecule has 182 valence electrons. The van der Waals surface area contributed by atoms with Crippen molar-refractivity contribution in [1.82, 2.24) is 5.43 Å². The fraction of sp³-hybridized carbons (Fsp3) is 0.120. The molecular weight excluding hydrogens is 559 g/mol. The Morgan fingerprint density at radius 2 is 1.00 bits per heavy atom. The molecule has 10 heteroatoms. The molecule has 0 amide bonds. The molecule has 0 fully saturated rings. The van der Waals surface area contributed by atoms with Crippen molar-refractivity contribution in [3.05, 3.63) is 89.5 Å². The van der Waals surface area contributed by atoms with Crippen molar-refractivity contribution in [2.24, 2.45) is 20.4 Å². The molecule has 0 heterocycles. The van der Waals surface area contributed by atoms with Gasteiger partial charge < -0.3 is 39.3 Å². The largest absolute Gasteiger partial charge is 1.00 e. The zero-order valence-electron chi connectivity index (χ0n) is 19.5. The maximum atomic E-state index is 9.48. The van der Waals surface area contributed by atoms with E-state index in [1.807, 2.05) is 20.8 Å². The lowest BCUT2D eigenvalue weighted by atomic mass is 10.1. The van der Waals surface area contributed by atoms with Crippen LogP contribution in [0.2, 0.25) is 0 Å². The lowest BCUT2D eigenvalue weighted by Gasteiger charge is -2.04. The van der Waals surface area contributed by atoms with Crippen molar-refractivity contribution in [3.8, 4) is 17.2 Å². The van der Waals surface area contributed by atoms with Gasteiger partial charge in [-0.1, -0.05) is 10.2 Å². The number of nitrogens with zero attached hydrogens (tertiary/aromatic N) is 4. The highest BCUT2D eigenvalue weighted by atomic mass is 127. The van der Waals surface area contributed by atoms with Crippen LogP contribution in [-0.2, 0) is 0 Å². The first kappa shape index (κ1) is 27.5. The Bertz CT molecular complexity index is 1170. The maximum absolute atomic E-state index is 9.48. The Hall–Kier alpha value is -3.77. The lowest BCUT2D eigenvalue weighted by Crippen LogP contribution is -3.00. The summed E-state index contributed by atoms with van der Waals surface area (Å²) < 4.78 is 0. The van der Waals surface area contributed by atoms with Gasteiger partial charge in [-0.15, -0.1) is 5.10 Å². The van der Waals surface area contributed by atoms with Crippen LogP contribution in [-0.4, -0.2) is 38.4 Å². The lowest BCUT2D eigenvalue weighted by molar-refractivity contribution is -0.549. The molecule has 0 radical (unpaired) electrons. The molecule has 3 aromatic carbocycles. The SMILES string of the molecule is CC(=N/N=C(\NN=C(C)c1ccc(O)cc1)[NH2+]N=C(C)c1ccc(O)cc1)c1ccc(O)cc1.[I-]. The molecule has 3 rings (SSSR count). The molecule has 9 nitrogen and oxygen atoms in total. The Kier molecular flexibility index (Phi) is 10.4. The average molecular weight is 586 g/mol. The van der Waals surface area contributed by atoms with Crippen LogP contribution < -0.4 is 34.8 Å². The van der Waals surface area contributed by atoms with Gasteiger partial charge in [0.05, 0.1) is 11.4 Å². The monoisotopic (exact) mass is 586 g/mol. The number of phenolic OH excluding ortho intramolecular Hbond substituents is 3. The van der Waals surface area contributed by atoms with Gasteiger partial charge in [0.1, 0.15) is 23.0 Å². The first-order chi connectivity index (χ1) is 16.3. The van der Waals surface area contributed by atoms with Crippen LogP contribution in [0.15, 0.2) is 93.2 Å². The van der Waals surface area contributed by atoms with Crippen LogP contribution in [0, 0.1) is 0 Å². The molecule has 0 spiro atoms. The summed E-state index contributed by atoms with van der Waals surface area (Å²) in [6.07, 6.45) is 0. The number of aromatic hydroxyl groups is 3. The van der Waals surface area contributed by atoms with Gasteiger partial charge in [-0.3, -0.25) is 0 Å². The molecule has 0 bridgehead atoms. The summed E-state index contributed by atoms with van der Waals surface area (Å²) in [5.74, 6) is 0.837. The number of hydrazone groups is 1. The van der Waals surface area contributed by atoms with E-state index in [4.69, 9.17) is 0 Å². The van der Waals surface area contributed by atoms with E-state index in [2.05, 4.69) is 25.8 Å². The normalized spacial score (nSPS) is 12.8. The van der Waals surface area contributed by atoms with Crippen molar-refractivity contribution >= 4 is 23.1 Å². The standard InChI is InChI=1S/C25H26N6O3.HI/c1-16(19-4-10-22(32)11-5-19)26-29-25(30-27-17(2)20-6-12-23(33)13-7-20)31-28-18(3)21-8-14-24(34)15-9-21;/h4-15,32-34H,1-3H3,(H2,29,30,31);1H. The van der Waals surface area contributed by atoms with E-state index in [-0.39, 0.29) is 41.2 Å². The Morgan fingerprint density at radius 1 is 0.600 bits per heavy atom. The van der Waals surface area contributed by atoms with Gasteiger partial charge in [0.25, 0.3) is 0 Å². The van der Waals surface area contributed by atoms with E-state index < -0.39 is 0 Å². The van der Waals surface area contributed by atoms with Crippen molar-refractivity contribution in [2.45, 2.75) is 20.8 Å².